The summed E-state index contributed by atoms with van der Waals surface area (Å²) >= 11 is 0. The van der Waals surface area contributed by atoms with Crippen molar-refractivity contribution in [1.82, 2.24) is 10.2 Å². The van der Waals surface area contributed by atoms with Crippen LogP contribution in [-0.4, -0.2) is 58.4 Å². The summed E-state index contributed by atoms with van der Waals surface area (Å²) in [4.78, 5) is 48.5. The summed E-state index contributed by atoms with van der Waals surface area (Å²) in [6.45, 7) is 6.93. The van der Waals surface area contributed by atoms with Crippen molar-refractivity contribution >= 4 is 36.0 Å². The second-order valence-corrected chi connectivity index (χ2v) is 8.92. The van der Waals surface area contributed by atoms with Crippen molar-refractivity contribution in [2.75, 3.05) is 6.61 Å². The molecule has 9 heteroatoms. The molecule has 1 heterocycles. The maximum absolute atomic E-state index is 13.3. The molecule has 0 spiro atoms. The standard InChI is InChI=1S/C25H30N2O5.C3H6O.ClH/c1-3-32-25(31)21(14-13-18-9-5-4-6-10-18)26-17(2)23(28)27-16-20-12-8-7-11-19(20)15-22(27)24(29)30;1-3(2)4;/h4-12,17,21-22,26H,3,13-16H2,1-2H3,(H,29,30);1-2H3;1H/t17-,21-,22-;;/m0../s1. The molecule has 0 radical (unpaired) electrons. The van der Waals surface area contributed by atoms with Crippen LogP contribution < -0.4 is 5.32 Å². The highest BCUT2D eigenvalue weighted by Crippen LogP contribution is 2.24. The molecule has 2 N–H and O–H groups in total. The number of carbonyl (C=O) groups excluding carboxylic acids is 3. The molecule has 202 valence electrons. The number of amides is 1. The fourth-order valence-electron chi connectivity index (χ4n) is 4.06. The van der Waals surface area contributed by atoms with E-state index in [0.29, 0.717) is 12.8 Å². The summed E-state index contributed by atoms with van der Waals surface area (Å²) in [6, 6.07) is 15.0. The van der Waals surface area contributed by atoms with Gasteiger partial charge in [-0.05, 0) is 57.2 Å². The number of hydrogen-bond donors (Lipinski definition) is 2. The van der Waals surface area contributed by atoms with Gasteiger partial charge in [-0.15, -0.1) is 12.4 Å². The Hall–Kier alpha value is -3.23. The molecule has 0 aromatic heterocycles. The first kappa shape index (κ1) is 31.8. The number of carboxylic acid groups (broad SMARTS) is 1. The minimum Gasteiger partial charge on any atom is -0.480 e. The van der Waals surface area contributed by atoms with Crippen LogP contribution in [0.1, 0.15) is 50.8 Å². The third-order valence-corrected chi connectivity index (χ3v) is 5.77. The molecule has 3 rings (SSSR count). The molecular weight excluding hydrogens is 496 g/mol. The van der Waals surface area contributed by atoms with E-state index in [1.54, 1.807) is 13.8 Å². The number of ether oxygens (including phenoxy) is 1. The number of benzene rings is 2. The average Bonchev–Trinajstić information content (AvgIpc) is 2.85. The number of nitrogens with one attached hydrogen (secondary N) is 1. The summed E-state index contributed by atoms with van der Waals surface area (Å²) < 4.78 is 5.20. The van der Waals surface area contributed by atoms with Crippen LogP contribution in [0, 0.1) is 0 Å². The van der Waals surface area contributed by atoms with Crippen molar-refractivity contribution in [3.63, 3.8) is 0 Å². The number of hydrogen-bond acceptors (Lipinski definition) is 6. The molecular formula is C28H37ClN2O6. The molecule has 2 aromatic rings. The third kappa shape index (κ3) is 9.98. The second-order valence-electron chi connectivity index (χ2n) is 8.92. The highest BCUT2D eigenvalue weighted by molar-refractivity contribution is 5.88. The van der Waals surface area contributed by atoms with Crippen molar-refractivity contribution in [2.24, 2.45) is 0 Å². The van der Waals surface area contributed by atoms with Gasteiger partial charge < -0.3 is 19.5 Å². The third-order valence-electron chi connectivity index (χ3n) is 5.77. The van der Waals surface area contributed by atoms with E-state index in [2.05, 4.69) is 5.32 Å². The minimum atomic E-state index is -1.04. The normalized spacial score (nSPS) is 15.6. The molecule has 0 saturated carbocycles. The van der Waals surface area contributed by atoms with Gasteiger partial charge in [-0.2, -0.15) is 0 Å². The molecule has 0 aliphatic carbocycles. The number of carboxylic acids is 1. The molecule has 0 bridgehead atoms. The van der Waals surface area contributed by atoms with Gasteiger partial charge in [0.05, 0.1) is 12.6 Å². The largest absolute Gasteiger partial charge is 0.480 e. The fraction of sp³-hybridized carbons (Fsp3) is 0.429. The molecule has 1 aliphatic rings. The molecule has 3 atom stereocenters. The molecule has 0 fully saturated rings. The fourth-order valence-corrected chi connectivity index (χ4v) is 4.06. The van der Waals surface area contributed by atoms with Crippen molar-refractivity contribution in [3.8, 4) is 0 Å². The van der Waals surface area contributed by atoms with Gasteiger partial charge in [-0.1, -0.05) is 54.6 Å². The number of aryl methyl sites for hydroxylation is 1. The summed E-state index contributed by atoms with van der Waals surface area (Å²) in [7, 11) is 0. The Morgan fingerprint density at radius 2 is 1.59 bits per heavy atom. The van der Waals surface area contributed by atoms with Gasteiger partial charge in [0.25, 0.3) is 0 Å². The number of ketones is 1. The Bertz CT molecular complexity index is 1040. The SMILES string of the molecule is CC(C)=O.CCOC(=O)[C@H](CCc1ccccc1)N[C@@H](C)C(=O)N1Cc2ccccc2C[C@H]1C(=O)O.Cl. The lowest BCUT2D eigenvalue weighted by atomic mass is 9.93. The van der Waals surface area contributed by atoms with Crippen LogP contribution >= 0.6 is 12.4 Å². The molecule has 1 aliphatic heterocycles. The van der Waals surface area contributed by atoms with E-state index in [9.17, 15) is 24.3 Å². The smallest absolute Gasteiger partial charge is 0.326 e. The number of Topliss-reactive ketones (excluding diaryl/α,β-unsaturated/α-hetero) is 1. The Morgan fingerprint density at radius 3 is 2.16 bits per heavy atom. The lowest BCUT2D eigenvalue weighted by Crippen LogP contribution is -2.56. The van der Waals surface area contributed by atoms with Crippen molar-refractivity contribution in [3.05, 3.63) is 71.3 Å². The Labute approximate surface area is 224 Å². The highest BCUT2D eigenvalue weighted by atomic mass is 35.5. The van der Waals surface area contributed by atoms with Gasteiger partial charge in [-0.25, -0.2) is 4.79 Å². The first-order valence-corrected chi connectivity index (χ1v) is 12.2. The van der Waals surface area contributed by atoms with Crippen molar-refractivity contribution in [2.45, 2.75) is 71.6 Å². The van der Waals surface area contributed by atoms with Gasteiger partial charge >= 0.3 is 11.9 Å². The van der Waals surface area contributed by atoms with Crippen molar-refractivity contribution < 1.29 is 29.0 Å². The van der Waals surface area contributed by atoms with E-state index in [1.165, 1.54) is 18.7 Å². The van der Waals surface area contributed by atoms with Crippen LogP contribution in [0.15, 0.2) is 54.6 Å². The Kier molecular flexibility index (Phi) is 13.6. The monoisotopic (exact) mass is 532 g/mol. The molecule has 1 amide bonds. The lowest BCUT2D eigenvalue weighted by Gasteiger charge is -2.36. The Balaban J connectivity index is 0.00000127. The average molecular weight is 533 g/mol. The van der Waals surface area contributed by atoms with E-state index in [1.807, 2.05) is 54.6 Å². The maximum atomic E-state index is 13.3. The second kappa shape index (κ2) is 15.8. The number of carbonyl (C=O) groups is 4. The summed E-state index contributed by atoms with van der Waals surface area (Å²) in [5.41, 5.74) is 2.97. The summed E-state index contributed by atoms with van der Waals surface area (Å²) in [6.07, 6.45) is 1.37. The zero-order chi connectivity index (χ0) is 26.7. The number of aliphatic carboxylic acids is 1. The topological polar surface area (TPSA) is 113 Å². The van der Waals surface area contributed by atoms with Crippen LogP contribution in [0.3, 0.4) is 0 Å². The van der Waals surface area contributed by atoms with Crippen LogP contribution in [0.25, 0.3) is 0 Å². The van der Waals surface area contributed by atoms with Crippen molar-refractivity contribution in [1.29, 1.82) is 0 Å². The van der Waals surface area contributed by atoms with E-state index in [-0.39, 0.29) is 43.7 Å². The first-order valence-electron chi connectivity index (χ1n) is 12.2. The highest BCUT2D eigenvalue weighted by Gasteiger charge is 2.37. The van der Waals surface area contributed by atoms with Crippen LogP contribution in [0.2, 0.25) is 0 Å². The zero-order valence-electron chi connectivity index (χ0n) is 21.8. The van der Waals surface area contributed by atoms with Crippen LogP contribution in [0.5, 0.6) is 0 Å². The van der Waals surface area contributed by atoms with Gasteiger partial charge in [0.1, 0.15) is 17.9 Å². The van der Waals surface area contributed by atoms with E-state index >= 15 is 0 Å². The number of halogens is 1. The zero-order valence-corrected chi connectivity index (χ0v) is 22.6. The summed E-state index contributed by atoms with van der Waals surface area (Å²) in [5.74, 6) is -1.63. The van der Waals surface area contributed by atoms with E-state index in [4.69, 9.17) is 4.74 Å². The van der Waals surface area contributed by atoms with Crippen LogP contribution in [-0.2, 0) is 43.3 Å². The number of esters is 1. The molecule has 37 heavy (non-hydrogen) atoms. The number of rotatable bonds is 9. The quantitative estimate of drug-likeness (QED) is 0.474. The van der Waals surface area contributed by atoms with Crippen LogP contribution in [0.4, 0.5) is 0 Å². The van der Waals surface area contributed by atoms with E-state index < -0.39 is 30.1 Å². The number of fused-ring (bicyclic) bond motifs is 1. The molecule has 2 aromatic carbocycles. The first-order chi connectivity index (χ1) is 17.1. The molecule has 0 unspecified atom stereocenters. The van der Waals surface area contributed by atoms with E-state index in [0.717, 1.165) is 16.7 Å². The van der Waals surface area contributed by atoms with Gasteiger partial charge in [0.15, 0.2) is 0 Å². The lowest BCUT2D eigenvalue weighted by molar-refractivity contribution is -0.153. The summed E-state index contributed by atoms with van der Waals surface area (Å²) in [5, 5.41) is 12.8. The van der Waals surface area contributed by atoms with Gasteiger partial charge in [-0.3, -0.25) is 14.9 Å². The Morgan fingerprint density at radius 1 is 1.03 bits per heavy atom. The number of nitrogens with zero attached hydrogens (tertiary/aromatic N) is 1. The minimum absolute atomic E-state index is 0. The molecule has 0 saturated heterocycles. The maximum Gasteiger partial charge on any atom is 0.326 e. The van der Waals surface area contributed by atoms with Gasteiger partial charge in [0, 0.05) is 13.0 Å². The van der Waals surface area contributed by atoms with Gasteiger partial charge in [0.2, 0.25) is 5.91 Å². The predicted molar refractivity (Wildman–Crippen MR) is 144 cm³/mol. The predicted octanol–water partition coefficient (Wildman–Crippen LogP) is 3.58. The molecule has 8 nitrogen and oxygen atoms in total.